The van der Waals surface area contributed by atoms with Crippen LogP contribution in [0.5, 0.6) is 0 Å². The molecule has 0 fully saturated rings. The molecule has 0 saturated heterocycles. The van der Waals surface area contributed by atoms with E-state index in [0.717, 1.165) is 12.8 Å². The second kappa shape index (κ2) is 6.72. The van der Waals surface area contributed by atoms with Crippen molar-refractivity contribution in [2.45, 2.75) is 58.9 Å². The summed E-state index contributed by atoms with van der Waals surface area (Å²) in [6, 6.07) is 2.27. The van der Waals surface area contributed by atoms with Crippen LogP contribution in [0.1, 0.15) is 54.8 Å². The number of rotatable bonds is 7. The van der Waals surface area contributed by atoms with Crippen molar-refractivity contribution in [2.75, 3.05) is 6.54 Å². The van der Waals surface area contributed by atoms with E-state index >= 15 is 0 Å². The Morgan fingerprint density at radius 1 is 1.40 bits per heavy atom. The Balaban J connectivity index is 1.72. The molecule has 0 unspecified atom stereocenters. The number of hydrogen-bond acceptors (Lipinski definition) is 3. The third-order valence-corrected chi connectivity index (χ3v) is 5.34. The number of carbonyl (C=O) groups is 1. The number of hydrogen-bond donors (Lipinski definition) is 2. The highest BCUT2D eigenvalue weighted by Crippen LogP contribution is 2.30. The number of carbonyl (C=O) groups excluding carboxylic acids is 1. The van der Waals surface area contributed by atoms with E-state index in [2.05, 4.69) is 25.2 Å². The SMILES string of the molecule is CC(C)(CCN)CCC(=O)NCc1cc2c(s1)CCC2. The van der Waals surface area contributed by atoms with Crippen molar-refractivity contribution in [2.24, 2.45) is 11.1 Å². The first-order valence-corrected chi connectivity index (χ1v) is 8.39. The number of nitrogens with two attached hydrogens (primary N) is 1. The molecule has 1 aromatic heterocycles. The van der Waals surface area contributed by atoms with Gasteiger partial charge in [-0.05, 0) is 55.7 Å². The minimum atomic E-state index is 0.156. The Hall–Kier alpha value is -0.870. The fourth-order valence-electron chi connectivity index (χ4n) is 2.72. The van der Waals surface area contributed by atoms with Crippen LogP contribution in [0, 0.1) is 5.41 Å². The van der Waals surface area contributed by atoms with Crippen molar-refractivity contribution in [1.82, 2.24) is 5.32 Å². The molecule has 3 nitrogen and oxygen atoms in total. The lowest BCUT2D eigenvalue weighted by molar-refractivity contribution is -0.121. The summed E-state index contributed by atoms with van der Waals surface area (Å²) in [5.74, 6) is 0.156. The van der Waals surface area contributed by atoms with Gasteiger partial charge in [0.25, 0.3) is 0 Å². The minimum Gasteiger partial charge on any atom is -0.351 e. The zero-order valence-electron chi connectivity index (χ0n) is 12.6. The third kappa shape index (κ3) is 4.32. The maximum absolute atomic E-state index is 11.9. The summed E-state index contributed by atoms with van der Waals surface area (Å²) < 4.78 is 0. The van der Waals surface area contributed by atoms with Gasteiger partial charge in [0.05, 0.1) is 6.54 Å². The standard InChI is InChI=1S/C16H26N2OS/c1-16(2,8-9-17)7-6-15(19)18-11-13-10-12-4-3-5-14(12)20-13/h10H,3-9,11,17H2,1-2H3,(H,18,19). The van der Waals surface area contributed by atoms with E-state index in [1.807, 2.05) is 11.3 Å². The van der Waals surface area contributed by atoms with Gasteiger partial charge in [0, 0.05) is 16.2 Å². The summed E-state index contributed by atoms with van der Waals surface area (Å²) in [5, 5.41) is 3.04. The van der Waals surface area contributed by atoms with Gasteiger partial charge in [0.1, 0.15) is 0 Å². The van der Waals surface area contributed by atoms with Gasteiger partial charge in [-0.2, -0.15) is 0 Å². The molecule has 3 N–H and O–H groups in total. The van der Waals surface area contributed by atoms with Gasteiger partial charge < -0.3 is 11.1 Å². The monoisotopic (exact) mass is 294 g/mol. The van der Waals surface area contributed by atoms with E-state index in [4.69, 9.17) is 5.73 Å². The number of amides is 1. The fourth-order valence-corrected chi connectivity index (χ4v) is 3.92. The summed E-state index contributed by atoms with van der Waals surface area (Å²) in [4.78, 5) is 14.7. The molecule has 4 heteroatoms. The van der Waals surface area contributed by atoms with Crippen molar-refractivity contribution in [3.63, 3.8) is 0 Å². The second-order valence-corrected chi connectivity index (χ2v) is 7.72. The van der Waals surface area contributed by atoms with Gasteiger partial charge in [-0.1, -0.05) is 13.8 Å². The number of nitrogens with one attached hydrogen (secondary N) is 1. The smallest absolute Gasteiger partial charge is 0.220 e. The van der Waals surface area contributed by atoms with Gasteiger partial charge in [0.2, 0.25) is 5.91 Å². The molecule has 20 heavy (non-hydrogen) atoms. The highest BCUT2D eigenvalue weighted by atomic mass is 32.1. The molecule has 0 saturated carbocycles. The Bertz CT molecular complexity index is 444. The average molecular weight is 294 g/mol. The first-order valence-electron chi connectivity index (χ1n) is 7.57. The summed E-state index contributed by atoms with van der Waals surface area (Å²) in [6.07, 6.45) is 6.20. The Labute approximate surface area is 125 Å². The number of thiophene rings is 1. The van der Waals surface area contributed by atoms with Crippen LogP contribution < -0.4 is 11.1 Å². The Morgan fingerprint density at radius 2 is 2.20 bits per heavy atom. The van der Waals surface area contributed by atoms with Crippen molar-refractivity contribution >= 4 is 17.2 Å². The van der Waals surface area contributed by atoms with Crippen molar-refractivity contribution in [1.29, 1.82) is 0 Å². The van der Waals surface area contributed by atoms with Gasteiger partial charge in [-0.3, -0.25) is 4.79 Å². The summed E-state index contributed by atoms with van der Waals surface area (Å²) in [6.45, 7) is 5.73. The van der Waals surface area contributed by atoms with Gasteiger partial charge in [0.15, 0.2) is 0 Å². The van der Waals surface area contributed by atoms with Crippen LogP contribution in [0.3, 0.4) is 0 Å². The molecule has 1 aliphatic carbocycles. The lowest BCUT2D eigenvalue weighted by Gasteiger charge is -2.23. The van der Waals surface area contributed by atoms with Crippen molar-refractivity contribution in [3.05, 3.63) is 21.4 Å². The molecular weight excluding hydrogens is 268 g/mol. The molecule has 0 aromatic carbocycles. The molecule has 0 radical (unpaired) electrons. The predicted molar refractivity (Wildman–Crippen MR) is 84.9 cm³/mol. The molecule has 1 amide bonds. The quantitative estimate of drug-likeness (QED) is 0.812. The number of aryl methyl sites for hydroxylation is 2. The van der Waals surface area contributed by atoms with E-state index < -0.39 is 0 Å². The first kappa shape index (κ1) is 15.5. The van der Waals surface area contributed by atoms with E-state index in [0.29, 0.717) is 19.5 Å². The van der Waals surface area contributed by atoms with Crippen molar-refractivity contribution < 1.29 is 4.79 Å². The zero-order chi connectivity index (χ0) is 14.6. The van der Waals surface area contributed by atoms with E-state index in [9.17, 15) is 4.79 Å². The van der Waals surface area contributed by atoms with Crippen LogP contribution in [-0.2, 0) is 24.2 Å². The largest absolute Gasteiger partial charge is 0.351 e. The minimum absolute atomic E-state index is 0.156. The molecule has 0 aliphatic heterocycles. The maximum Gasteiger partial charge on any atom is 0.220 e. The highest BCUT2D eigenvalue weighted by molar-refractivity contribution is 7.12. The summed E-state index contributed by atoms with van der Waals surface area (Å²) in [5.41, 5.74) is 7.26. The van der Waals surface area contributed by atoms with Crippen LogP contribution in [0.15, 0.2) is 6.07 Å². The van der Waals surface area contributed by atoms with Gasteiger partial charge in [-0.15, -0.1) is 11.3 Å². The topological polar surface area (TPSA) is 55.1 Å². The maximum atomic E-state index is 11.9. The van der Waals surface area contributed by atoms with Crippen LogP contribution in [-0.4, -0.2) is 12.5 Å². The molecule has 1 aliphatic rings. The molecule has 0 bridgehead atoms. The normalized spacial score (nSPS) is 14.3. The first-order chi connectivity index (χ1) is 9.50. The van der Waals surface area contributed by atoms with Gasteiger partial charge >= 0.3 is 0 Å². The molecule has 0 atom stereocenters. The Morgan fingerprint density at radius 3 is 2.90 bits per heavy atom. The number of fused-ring (bicyclic) bond motifs is 1. The molecule has 1 aromatic rings. The molecular formula is C16H26N2OS. The molecule has 0 spiro atoms. The second-order valence-electron chi connectivity index (χ2n) is 6.49. The predicted octanol–water partition coefficient (Wildman–Crippen LogP) is 3.01. The van der Waals surface area contributed by atoms with Crippen LogP contribution in [0.2, 0.25) is 0 Å². The summed E-state index contributed by atoms with van der Waals surface area (Å²) in [7, 11) is 0. The lowest BCUT2D eigenvalue weighted by atomic mass is 9.84. The molecule has 2 rings (SSSR count). The van der Waals surface area contributed by atoms with E-state index in [1.54, 1.807) is 0 Å². The van der Waals surface area contributed by atoms with Crippen LogP contribution in [0.25, 0.3) is 0 Å². The van der Waals surface area contributed by atoms with Gasteiger partial charge in [-0.25, -0.2) is 0 Å². The Kier molecular flexibility index (Phi) is 5.22. The highest BCUT2D eigenvalue weighted by Gasteiger charge is 2.19. The molecule has 112 valence electrons. The lowest BCUT2D eigenvalue weighted by Crippen LogP contribution is -2.25. The van der Waals surface area contributed by atoms with E-state index in [1.165, 1.54) is 34.6 Å². The van der Waals surface area contributed by atoms with Crippen LogP contribution >= 0.6 is 11.3 Å². The molecule has 1 heterocycles. The average Bonchev–Trinajstić information content (AvgIpc) is 2.94. The van der Waals surface area contributed by atoms with Crippen molar-refractivity contribution in [3.8, 4) is 0 Å². The van der Waals surface area contributed by atoms with Crippen LogP contribution in [0.4, 0.5) is 0 Å². The fraction of sp³-hybridized carbons (Fsp3) is 0.688. The van der Waals surface area contributed by atoms with E-state index in [-0.39, 0.29) is 11.3 Å². The third-order valence-electron chi connectivity index (χ3n) is 4.11. The summed E-state index contributed by atoms with van der Waals surface area (Å²) >= 11 is 1.86. The zero-order valence-corrected chi connectivity index (χ0v) is 13.4.